The van der Waals surface area contributed by atoms with Gasteiger partial charge in [-0.1, -0.05) is 0 Å². The standard InChI is InChI=1S/C12H20BN3O4/c1-8(13-19-11(2,3)12(4,5)20-13)16-7-9(6-15-16)18-10(14)17/h6-8H,1-5H3,(H2,14,17). The third-order valence-corrected chi connectivity index (χ3v) is 3.88. The molecule has 1 aromatic rings. The van der Waals surface area contributed by atoms with Crippen LogP contribution in [-0.2, 0) is 9.31 Å². The van der Waals surface area contributed by atoms with Crippen molar-refractivity contribution in [2.75, 3.05) is 0 Å². The Morgan fingerprint density at radius 2 is 1.95 bits per heavy atom. The minimum Gasteiger partial charge on any atom is -0.407 e. The van der Waals surface area contributed by atoms with Crippen LogP contribution in [0.4, 0.5) is 4.79 Å². The Morgan fingerprint density at radius 3 is 2.45 bits per heavy atom. The van der Waals surface area contributed by atoms with Crippen molar-refractivity contribution in [1.29, 1.82) is 0 Å². The average Bonchev–Trinajstić information content (AvgIpc) is 2.81. The Morgan fingerprint density at radius 1 is 1.40 bits per heavy atom. The number of carbonyl (C=O) groups excluding carboxylic acids is 1. The van der Waals surface area contributed by atoms with Gasteiger partial charge in [-0.15, -0.1) is 0 Å². The molecule has 0 aliphatic carbocycles. The number of rotatable bonds is 3. The van der Waals surface area contributed by atoms with E-state index in [1.807, 2.05) is 34.6 Å². The van der Waals surface area contributed by atoms with E-state index in [0.717, 1.165) is 0 Å². The zero-order valence-corrected chi connectivity index (χ0v) is 12.4. The Labute approximate surface area is 118 Å². The van der Waals surface area contributed by atoms with Crippen molar-refractivity contribution in [2.24, 2.45) is 5.73 Å². The summed E-state index contributed by atoms with van der Waals surface area (Å²) >= 11 is 0. The summed E-state index contributed by atoms with van der Waals surface area (Å²) in [5.74, 6) is 0.127. The van der Waals surface area contributed by atoms with Gasteiger partial charge in [-0.3, -0.25) is 4.68 Å². The molecule has 2 N–H and O–H groups in total. The smallest absolute Gasteiger partial charge is 0.407 e. The van der Waals surface area contributed by atoms with Gasteiger partial charge in [0.15, 0.2) is 5.75 Å². The molecule has 20 heavy (non-hydrogen) atoms. The molecule has 0 spiro atoms. The van der Waals surface area contributed by atoms with Crippen LogP contribution in [-0.4, -0.2) is 34.2 Å². The van der Waals surface area contributed by atoms with Gasteiger partial charge < -0.3 is 19.8 Å². The molecular weight excluding hydrogens is 261 g/mol. The summed E-state index contributed by atoms with van der Waals surface area (Å²) in [6.07, 6.45) is 2.14. The number of amides is 1. The van der Waals surface area contributed by atoms with Crippen LogP contribution < -0.4 is 10.5 Å². The zero-order chi connectivity index (χ0) is 15.1. The third-order valence-electron chi connectivity index (χ3n) is 3.88. The van der Waals surface area contributed by atoms with Crippen LogP contribution in [0.25, 0.3) is 0 Å². The van der Waals surface area contributed by atoms with E-state index < -0.39 is 24.4 Å². The van der Waals surface area contributed by atoms with E-state index in [2.05, 4.69) is 5.10 Å². The van der Waals surface area contributed by atoms with E-state index >= 15 is 0 Å². The lowest BCUT2D eigenvalue weighted by atomic mass is 9.80. The molecule has 1 aliphatic rings. The molecule has 1 fully saturated rings. The highest BCUT2D eigenvalue weighted by atomic mass is 16.7. The van der Waals surface area contributed by atoms with Crippen LogP contribution in [0.3, 0.4) is 0 Å². The van der Waals surface area contributed by atoms with Crippen molar-refractivity contribution >= 4 is 13.2 Å². The van der Waals surface area contributed by atoms with E-state index in [-0.39, 0.29) is 5.94 Å². The maximum absolute atomic E-state index is 10.7. The topological polar surface area (TPSA) is 88.6 Å². The maximum atomic E-state index is 10.7. The molecule has 2 heterocycles. The number of ether oxygens (including phenoxy) is 1. The Kier molecular flexibility index (Phi) is 3.55. The van der Waals surface area contributed by atoms with Gasteiger partial charge in [0.1, 0.15) is 0 Å². The van der Waals surface area contributed by atoms with Crippen LogP contribution in [0.2, 0.25) is 0 Å². The van der Waals surface area contributed by atoms with Gasteiger partial charge >= 0.3 is 13.2 Å². The van der Waals surface area contributed by atoms with Gasteiger partial charge in [0.25, 0.3) is 0 Å². The minimum absolute atomic E-state index is 0.165. The Hall–Kier alpha value is -1.54. The Balaban J connectivity index is 2.11. The monoisotopic (exact) mass is 281 g/mol. The molecule has 0 saturated carbocycles. The predicted octanol–water partition coefficient (Wildman–Crippen LogP) is 1.53. The maximum Gasteiger partial charge on any atom is 0.484 e. The van der Waals surface area contributed by atoms with Crippen molar-refractivity contribution in [1.82, 2.24) is 9.78 Å². The molecular formula is C12H20BN3O4. The molecule has 0 bridgehead atoms. The summed E-state index contributed by atoms with van der Waals surface area (Å²) in [5, 5.41) is 4.13. The third kappa shape index (κ3) is 2.66. The van der Waals surface area contributed by atoms with Crippen LogP contribution in [0.5, 0.6) is 5.75 Å². The first kappa shape index (κ1) is 14.9. The van der Waals surface area contributed by atoms with E-state index in [1.54, 1.807) is 10.9 Å². The van der Waals surface area contributed by atoms with E-state index in [0.29, 0.717) is 5.75 Å². The number of hydrogen-bond acceptors (Lipinski definition) is 5. The highest BCUT2D eigenvalue weighted by Gasteiger charge is 2.53. The summed E-state index contributed by atoms with van der Waals surface area (Å²) in [5.41, 5.74) is 4.16. The molecule has 8 heteroatoms. The molecule has 1 amide bonds. The number of aromatic nitrogens is 2. The highest BCUT2D eigenvalue weighted by molar-refractivity contribution is 6.46. The lowest BCUT2D eigenvalue weighted by Gasteiger charge is -2.32. The van der Waals surface area contributed by atoms with E-state index in [4.69, 9.17) is 19.8 Å². The molecule has 1 saturated heterocycles. The van der Waals surface area contributed by atoms with Crippen molar-refractivity contribution in [3.63, 3.8) is 0 Å². The molecule has 0 radical (unpaired) electrons. The molecule has 110 valence electrons. The lowest BCUT2D eigenvalue weighted by Crippen LogP contribution is -2.41. The van der Waals surface area contributed by atoms with Crippen molar-refractivity contribution in [3.05, 3.63) is 12.4 Å². The van der Waals surface area contributed by atoms with Crippen LogP contribution in [0.15, 0.2) is 12.4 Å². The van der Waals surface area contributed by atoms with Crippen LogP contribution >= 0.6 is 0 Å². The zero-order valence-electron chi connectivity index (χ0n) is 12.4. The molecule has 2 rings (SSSR count). The molecule has 1 atom stereocenters. The normalized spacial score (nSPS) is 21.8. The van der Waals surface area contributed by atoms with Crippen LogP contribution in [0, 0.1) is 0 Å². The van der Waals surface area contributed by atoms with Gasteiger partial charge in [0, 0.05) is 0 Å². The SMILES string of the molecule is CC(B1OC(C)(C)C(C)(C)O1)n1cc(OC(N)=O)cn1. The molecule has 1 unspecified atom stereocenters. The average molecular weight is 281 g/mol. The quantitative estimate of drug-likeness (QED) is 0.849. The molecule has 7 nitrogen and oxygen atoms in total. The van der Waals surface area contributed by atoms with Gasteiger partial charge in [-0.05, 0) is 34.6 Å². The highest BCUT2D eigenvalue weighted by Crippen LogP contribution is 2.39. The van der Waals surface area contributed by atoms with Crippen molar-refractivity contribution < 1.29 is 18.8 Å². The summed E-state index contributed by atoms with van der Waals surface area (Å²) in [7, 11) is -0.429. The Bertz CT molecular complexity index is 499. The lowest BCUT2D eigenvalue weighted by molar-refractivity contribution is 0.00578. The fraction of sp³-hybridized carbons (Fsp3) is 0.667. The van der Waals surface area contributed by atoms with Crippen molar-refractivity contribution in [3.8, 4) is 5.75 Å². The largest absolute Gasteiger partial charge is 0.484 e. The van der Waals surface area contributed by atoms with Gasteiger partial charge in [0.05, 0.1) is 29.5 Å². The number of primary amides is 1. The second-order valence-corrected chi connectivity index (χ2v) is 5.94. The fourth-order valence-electron chi connectivity index (χ4n) is 1.92. The summed E-state index contributed by atoms with van der Waals surface area (Å²) < 4.78 is 18.3. The van der Waals surface area contributed by atoms with Crippen LogP contribution in [0.1, 0.15) is 40.6 Å². The van der Waals surface area contributed by atoms with E-state index in [1.165, 1.54) is 6.20 Å². The predicted molar refractivity (Wildman–Crippen MR) is 73.2 cm³/mol. The molecule has 1 aliphatic heterocycles. The van der Waals surface area contributed by atoms with Gasteiger partial charge in [-0.2, -0.15) is 5.10 Å². The second-order valence-electron chi connectivity index (χ2n) is 5.94. The van der Waals surface area contributed by atoms with Gasteiger partial charge in [0.2, 0.25) is 0 Å². The first-order valence-electron chi connectivity index (χ1n) is 6.49. The summed E-state index contributed by atoms with van der Waals surface area (Å²) in [6, 6.07) is 0. The first-order valence-corrected chi connectivity index (χ1v) is 6.49. The van der Waals surface area contributed by atoms with Gasteiger partial charge in [-0.25, -0.2) is 4.79 Å². The van der Waals surface area contributed by atoms with E-state index in [9.17, 15) is 4.79 Å². The number of hydrogen-bond donors (Lipinski definition) is 1. The number of nitrogens with zero attached hydrogens (tertiary/aromatic N) is 2. The number of nitrogens with two attached hydrogens (primary N) is 1. The molecule has 0 aromatic carbocycles. The second kappa shape index (κ2) is 4.78. The summed E-state index contributed by atoms with van der Waals surface area (Å²) in [6.45, 7) is 9.88. The first-order chi connectivity index (χ1) is 9.12. The fourth-order valence-corrected chi connectivity index (χ4v) is 1.92. The van der Waals surface area contributed by atoms with Crippen molar-refractivity contribution in [2.45, 2.75) is 51.8 Å². The molecule has 1 aromatic heterocycles. The minimum atomic E-state index is -0.868. The number of carbonyl (C=O) groups is 1. The summed E-state index contributed by atoms with van der Waals surface area (Å²) in [4.78, 5) is 10.7.